The number of ether oxygens (including phenoxy) is 2. The van der Waals surface area contributed by atoms with E-state index in [0.717, 1.165) is 6.42 Å². The molecule has 0 atom stereocenters. The van der Waals surface area contributed by atoms with E-state index in [2.05, 4.69) is 35.1 Å². The van der Waals surface area contributed by atoms with Crippen LogP contribution in [0.25, 0.3) is 5.57 Å². The van der Waals surface area contributed by atoms with Crippen LogP contribution in [0.3, 0.4) is 0 Å². The van der Waals surface area contributed by atoms with Crippen molar-refractivity contribution < 1.29 is 23.9 Å². The molecule has 0 heterocycles. The smallest absolute Gasteiger partial charge is 0.344 e. The van der Waals surface area contributed by atoms with Gasteiger partial charge in [0.25, 0.3) is 5.91 Å². The van der Waals surface area contributed by atoms with Gasteiger partial charge in [-0.3, -0.25) is 9.59 Å². The van der Waals surface area contributed by atoms with Crippen molar-refractivity contribution in [1.82, 2.24) is 0 Å². The molecule has 0 radical (unpaired) electrons. The number of halogens is 1. The van der Waals surface area contributed by atoms with Gasteiger partial charge in [-0.05, 0) is 73.9 Å². The van der Waals surface area contributed by atoms with Crippen molar-refractivity contribution in [1.29, 1.82) is 0 Å². The van der Waals surface area contributed by atoms with Crippen LogP contribution in [0.1, 0.15) is 67.4 Å². The van der Waals surface area contributed by atoms with E-state index >= 15 is 0 Å². The van der Waals surface area contributed by atoms with Gasteiger partial charge in [-0.1, -0.05) is 28.1 Å². The van der Waals surface area contributed by atoms with Crippen LogP contribution in [0.4, 0.5) is 5.69 Å². The fourth-order valence-electron chi connectivity index (χ4n) is 3.52. The lowest BCUT2D eigenvalue weighted by Crippen LogP contribution is -2.37. The predicted octanol–water partition coefficient (Wildman–Crippen LogP) is 4.62. The van der Waals surface area contributed by atoms with Crippen molar-refractivity contribution in [2.45, 2.75) is 77.3 Å². The Morgan fingerprint density at radius 2 is 1.69 bits per heavy atom. The predicted molar refractivity (Wildman–Crippen MR) is 131 cm³/mol. The molecule has 0 aliphatic rings. The third-order valence-corrected chi connectivity index (χ3v) is 4.43. The van der Waals surface area contributed by atoms with Crippen LogP contribution in [0.2, 0.25) is 0 Å². The molecule has 3 N–H and O–H groups in total. The summed E-state index contributed by atoms with van der Waals surface area (Å²) in [4.78, 5) is 36.4. The Bertz CT molecular complexity index is 893. The first-order valence-electron chi connectivity index (χ1n) is 10.4. The first-order valence-corrected chi connectivity index (χ1v) is 11.2. The average molecular weight is 511 g/mol. The molecule has 32 heavy (non-hydrogen) atoms. The van der Waals surface area contributed by atoms with E-state index in [9.17, 15) is 14.4 Å². The van der Waals surface area contributed by atoms with E-state index in [1.54, 1.807) is 45.9 Å². The van der Waals surface area contributed by atoms with Crippen molar-refractivity contribution >= 4 is 44.9 Å². The quantitative estimate of drug-likeness (QED) is 0.206. The van der Waals surface area contributed by atoms with Crippen molar-refractivity contribution in [2.75, 3.05) is 11.9 Å². The van der Waals surface area contributed by atoms with Crippen molar-refractivity contribution in [3.8, 4) is 5.75 Å². The summed E-state index contributed by atoms with van der Waals surface area (Å²) >= 11 is 3.67. The molecule has 1 aromatic carbocycles. The van der Waals surface area contributed by atoms with Crippen LogP contribution >= 0.6 is 15.9 Å². The van der Waals surface area contributed by atoms with Gasteiger partial charge in [-0.25, -0.2) is 4.79 Å². The number of esters is 1. The highest BCUT2D eigenvalue weighted by molar-refractivity contribution is 9.10. The van der Waals surface area contributed by atoms with E-state index in [1.807, 2.05) is 13.8 Å². The second kappa shape index (κ2) is 10.5. The SMILES string of the molecule is C/C=C(\C(=O)C(N)=O)c1c(NC(C)(C)CC(C)(C)Br)cccc1OCC(=O)OC(C)(C)C. The number of ketones is 1. The van der Waals surface area contributed by atoms with E-state index in [-0.39, 0.29) is 27.8 Å². The number of allylic oxidation sites excluding steroid dienone is 1. The normalized spacial score (nSPS) is 12.8. The zero-order chi connectivity index (χ0) is 24.9. The van der Waals surface area contributed by atoms with Gasteiger partial charge in [-0.15, -0.1) is 0 Å². The van der Waals surface area contributed by atoms with Gasteiger partial charge in [-0.2, -0.15) is 0 Å². The highest BCUT2D eigenvalue weighted by Gasteiger charge is 2.30. The number of amides is 1. The van der Waals surface area contributed by atoms with Gasteiger partial charge in [0.1, 0.15) is 11.4 Å². The molecule has 7 nitrogen and oxygen atoms in total. The minimum absolute atomic E-state index is 0.0914. The summed E-state index contributed by atoms with van der Waals surface area (Å²) in [7, 11) is 0. The number of alkyl halides is 1. The lowest BCUT2D eigenvalue weighted by Gasteiger charge is -2.34. The van der Waals surface area contributed by atoms with Gasteiger partial charge in [0.2, 0.25) is 5.78 Å². The second-order valence-corrected chi connectivity index (χ2v) is 12.0. The zero-order valence-corrected chi connectivity index (χ0v) is 21.8. The third-order valence-electron chi connectivity index (χ3n) is 4.15. The number of benzene rings is 1. The van der Waals surface area contributed by atoms with Gasteiger partial charge in [0.05, 0.1) is 5.56 Å². The Morgan fingerprint density at radius 3 is 2.16 bits per heavy atom. The maximum Gasteiger partial charge on any atom is 0.344 e. The van der Waals surface area contributed by atoms with Crippen molar-refractivity contribution in [3.05, 3.63) is 29.8 Å². The summed E-state index contributed by atoms with van der Waals surface area (Å²) in [5.74, 6) is -2.21. The molecular weight excluding hydrogens is 476 g/mol. The number of nitrogens with two attached hydrogens (primary N) is 1. The number of carbonyl (C=O) groups is 3. The first kappa shape index (κ1) is 27.7. The van der Waals surface area contributed by atoms with Gasteiger partial charge < -0.3 is 20.5 Å². The highest BCUT2D eigenvalue weighted by atomic mass is 79.9. The van der Waals surface area contributed by atoms with Crippen LogP contribution in [-0.2, 0) is 19.1 Å². The van der Waals surface area contributed by atoms with Crippen LogP contribution < -0.4 is 15.8 Å². The van der Waals surface area contributed by atoms with Crippen molar-refractivity contribution in [3.63, 3.8) is 0 Å². The molecule has 0 fully saturated rings. The lowest BCUT2D eigenvalue weighted by molar-refractivity contribution is -0.157. The number of nitrogens with one attached hydrogen (secondary N) is 1. The Morgan fingerprint density at radius 1 is 1.09 bits per heavy atom. The number of rotatable bonds is 10. The fourth-order valence-corrected chi connectivity index (χ4v) is 4.22. The summed E-state index contributed by atoms with van der Waals surface area (Å²) in [6, 6.07) is 5.16. The number of anilines is 1. The Balaban J connectivity index is 3.44. The van der Waals surface area contributed by atoms with Gasteiger partial charge in [0, 0.05) is 21.1 Å². The van der Waals surface area contributed by atoms with Gasteiger partial charge >= 0.3 is 5.97 Å². The van der Waals surface area contributed by atoms with Gasteiger partial charge in [0.15, 0.2) is 6.61 Å². The number of Topliss-reactive ketones (excluding diaryl/α,β-unsaturated/α-hetero) is 1. The molecular formula is C24H35BrN2O5. The standard InChI is InChI=1S/C24H35BrN2O5/c1-9-15(20(29)21(26)30)19-16(27-24(7,8)14-23(5,6)25)11-10-12-17(19)31-13-18(28)32-22(2,3)4/h9-12,27H,13-14H2,1-8H3,(H2,26,30)/b15-9-. The van der Waals surface area contributed by atoms with Crippen LogP contribution in [-0.4, -0.2) is 39.7 Å². The lowest BCUT2D eigenvalue weighted by atomic mass is 9.90. The third kappa shape index (κ3) is 9.02. The average Bonchev–Trinajstić information content (AvgIpc) is 2.57. The summed E-state index contributed by atoms with van der Waals surface area (Å²) in [6.45, 7) is 14.7. The van der Waals surface area contributed by atoms with Crippen molar-refractivity contribution in [2.24, 2.45) is 5.73 Å². The summed E-state index contributed by atoms with van der Waals surface area (Å²) in [5, 5.41) is 3.45. The van der Waals surface area contributed by atoms with E-state index in [0.29, 0.717) is 11.3 Å². The number of hydrogen-bond donors (Lipinski definition) is 2. The summed E-state index contributed by atoms with van der Waals surface area (Å²) in [6.07, 6.45) is 2.26. The van der Waals surface area contributed by atoms with E-state index in [1.165, 1.54) is 6.08 Å². The number of primary amides is 1. The summed E-state index contributed by atoms with van der Waals surface area (Å²) in [5.41, 5.74) is 5.27. The molecule has 1 amide bonds. The molecule has 0 aromatic heterocycles. The van der Waals surface area contributed by atoms with Crippen LogP contribution in [0.15, 0.2) is 24.3 Å². The molecule has 0 spiro atoms. The molecule has 1 rings (SSSR count). The Hall–Kier alpha value is -2.35. The fraction of sp³-hybridized carbons (Fsp3) is 0.542. The zero-order valence-electron chi connectivity index (χ0n) is 20.2. The first-order chi connectivity index (χ1) is 14.5. The van der Waals surface area contributed by atoms with E-state index in [4.69, 9.17) is 15.2 Å². The molecule has 0 saturated heterocycles. The maximum absolute atomic E-state index is 12.6. The molecule has 178 valence electrons. The molecule has 8 heteroatoms. The second-order valence-electron chi connectivity index (χ2n) is 9.85. The summed E-state index contributed by atoms with van der Waals surface area (Å²) < 4.78 is 10.9. The monoisotopic (exact) mass is 510 g/mol. The number of carbonyl (C=O) groups excluding carboxylic acids is 3. The Labute approximate surface area is 199 Å². The largest absolute Gasteiger partial charge is 0.481 e. The minimum atomic E-state index is -1.08. The highest BCUT2D eigenvalue weighted by Crippen LogP contribution is 2.37. The molecule has 0 aliphatic carbocycles. The molecule has 0 unspecified atom stereocenters. The molecule has 0 bridgehead atoms. The molecule has 0 saturated carbocycles. The van der Waals surface area contributed by atoms with E-state index < -0.39 is 23.3 Å². The minimum Gasteiger partial charge on any atom is -0.481 e. The molecule has 1 aromatic rings. The van der Waals surface area contributed by atoms with Crippen LogP contribution in [0, 0.1) is 0 Å². The number of hydrogen-bond acceptors (Lipinski definition) is 6. The topological polar surface area (TPSA) is 108 Å². The van der Waals surface area contributed by atoms with Crippen LogP contribution in [0.5, 0.6) is 5.75 Å². The Kier molecular flexibility index (Phi) is 9.09. The molecule has 0 aliphatic heterocycles. The maximum atomic E-state index is 12.6.